The predicted molar refractivity (Wildman–Crippen MR) is 207 cm³/mol. The number of carbonyl (C=O) groups excluding carboxylic acids is 1. The minimum Gasteiger partial charge on any atom is -0.497 e. The molecule has 11 nitrogen and oxygen atoms in total. The quantitative estimate of drug-likeness (QED) is 0.0770. The van der Waals surface area contributed by atoms with Crippen molar-refractivity contribution in [2.24, 2.45) is 0 Å². The SMILES string of the molecule is COc1ccc(OCC(O)(COc2ccc(OC)cc2)[C@@H](OCc2ccccc2)[C@H](OCc2ccccc2)[C@@H](OCc2ccccc2)C(=O)N(C)OC)cc1. The molecular weight excluding hydrogens is 702 g/mol. The van der Waals surface area contributed by atoms with Crippen LogP contribution in [0.15, 0.2) is 140 Å². The molecule has 0 aliphatic rings. The molecule has 0 fully saturated rings. The Morgan fingerprint density at radius 2 is 0.945 bits per heavy atom. The van der Waals surface area contributed by atoms with E-state index in [0.29, 0.717) is 23.0 Å². The molecule has 0 heterocycles. The standard InChI is InChI=1S/C44H49NO10/c1-45(50-4)43(46)41(52-29-34-16-10-6-11-17-34)40(51-28-33-14-8-5-9-15-33)42(53-30-35-18-12-7-13-19-35)44(47,31-54-38-24-20-36(48-2)21-25-38)32-55-39-26-22-37(49-3)23-27-39/h5-27,40-42,47H,28-32H2,1-4H3/t40-,41-,42+/m1/s1. The van der Waals surface area contributed by atoms with Crippen molar-refractivity contribution in [3.8, 4) is 23.0 Å². The second-order valence-electron chi connectivity index (χ2n) is 12.7. The first-order valence-corrected chi connectivity index (χ1v) is 17.9. The zero-order chi connectivity index (χ0) is 38.9. The van der Waals surface area contributed by atoms with E-state index < -0.39 is 29.8 Å². The lowest BCUT2D eigenvalue weighted by molar-refractivity contribution is -0.233. The molecule has 3 atom stereocenters. The van der Waals surface area contributed by atoms with Crippen LogP contribution in [0.1, 0.15) is 16.7 Å². The number of aliphatic hydroxyl groups is 1. The zero-order valence-corrected chi connectivity index (χ0v) is 31.6. The Labute approximate surface area is 322 Å². The second kappa shape index (κ2) is 20.9. The molecule has 0 saturated carbocycles. The van der Waals surface area contributed by atoms with E-state index in [1.165, 1.54) is 14.2 Å². The summed E-state index contributed by atoms with van der Waals surface area (Å²) < 4.78 is 43.1. The van der Waals surface area contributed by atoms with E-state index in [2.05, 4.69) is 0 Å². The van der Waals surface area contributed by atoms with Crippen LogP contribution in [0.5, 0.6) is 23.0 Å². The van der Waals surface area contributed by atoms with Crippen molar-refractivity contribution in [2.75, 3.05) is 41.6 Å². The highest BCUT2D eigenvalue weighted by Crippen LogP contribution is 2.30. The summed E-state index contributed by atoms with van der Waals surface area (Å²) in [5, 5.41) is 14.1. The van der Waals surface area contributed by atoms with Gasteiger partial charge in [-0.1, -0.05) is 91.0 Å². The number of nitrogens with zero attached hydrogens (tertiary/aromatic N) is 1. The average Bonchev–Trinajstić information content (AvgIpc) is 3.24. The first-order chi connectivity index (χ1) is 26.8. The van der Waals surface area contributed by atoms with Crippen LogP contribution in [-0.2, 0) is 43.7 Å². The maximum atomic E-state index is 14.3. The van der Waals surface area contributed by atoms with Crippen molar-refractivity contribution in [3.05, 3.63) is 156 Å². The minimum absolute atomic E-state index is 0.0454. The maximum absolute atomic E-state index is 14.3. The topological polar surface area (TPSA) is 114 Å². The molecule has 0 radical (unpaired) electrons. The first-order valence-electron chi connectivity index (χ1n) is 17.9. The molecule has 0 aliphatic heterocycles. The van der Waals surface area contributed by atoms with Gasteiger partial charge in [0.1, 0.15) is 48.4 Å². The van der Waals surface area contributed by atoms with Crippen molar-refractivity contribution in [2.45, 2.75) is 43.7 Å². The summed E-state index contributed by atoms with van der Waals surface area (Å²) in [6.45, 7) is -0.515. The summed E-state index contributed by atoms with van der Waals surface area (Å²) >= 11 is 0. The van der Waals surface area contributed by atoms with E-state index in [1.807, 2.05) is 91.0 Å². The highest BCUT2D eigenvalue weighted by atomic mass is 16.7. The number of ether oxygens (including phenoxy) is 7. The van der Waals surface area contributed by atoms with Gasteiger partial charge in [-0.25, -0.2) is 5.06 Å². The number of benzene rings is 5. The van der Waals surface area contributed by atoms with E-state index in [9.17, 15) is 9.90 Å². The van der Waals surface area contributed by atoms with E-state index in [-0.39, 0.29) is 33.0 Å². The molecule has 55 heavy (non-hydrogen) atoms. The largest absolute Gasteiger partial charge is 0.497 e. The number of hydroxylamine groups is 2. The van der Waals surface area contributed by atoms with E-state index in [4.69, 9.17) is 38.0 Å². The molecule has 1 amide bonds. The van der Waals surface area contributed by atoms with Crippen LogP contribution in [0.2, 0.25) is 0 Å². The molecule has 5 rings (SSSR count). The van der Waals surface area contributed by atoms with Gasteiger partial charge in [-0.15, -0.1) is 0 Å². The Morgan fingerprint density at radius 1 is 0.564 bits per heavy atom. The Hall–Kier alpha value is -5.43. The summed E-state index contributed by atoms with van der Waals surface area (Å²) in [7, 11) is 6.03. The van der Waals surface area contributed by atoms with Crippen LogP contribution in [0, 0.1) is 0 Å². The number of carbonyl (C=O) groups is 1. The third-order valence-corrected chi connectivity index (χ3v) is 8.88. The second-order valence-corrected chi connectivity index (χ2v) is 12.7. The lowest BCUT2D eigenvalue weighted by atomic mass is 9.90. The van der Waals surface area contributed by atoms with Crippen LogP contribution < -0.4 is 18.9 Å². The highest BCUT2D eigenvalue weighted by Gasteiger charge is 2.51. The lowest BCUT2D eigenvalue weighted by Gasteiger charge is -2.42. The third kappa shape index (κ3) is 12.0. The third-order valence-electron chi connectivity index (χ3n) is 8.88. The number of rotatable bonds is 22. The Bertz CT molecular complexity index is 1780. The van der Waals surface area contributed by atoms with Crippen molar-refractivity contribution >= 4 is 5.91 Å². The van der Waals surface area contributed by atoms with Gasteiger partial charge in [0.05, 0.1) is 41.2 Å². The molecule has 0 saturated heterocycles. The van der Waals surface area contributed by atoms with Gasteiger partial charge in [0.15, 0.2) is 11.7 Å². The molecule has 0 unspecified atom stereocenters. The molecule has 1 N–H and O–H groups in total. The highest BCUT2D eigenvalue weighted by molar-refractivity contribution is 5.80. The fourth-order valence-corrected chi connectivity index (χ4v) is 5.72. The number of likely N-dealkylation sites (N-methyl/N-ethyl adjacent to an activating group) is 1. The zero-order valence-electron chi connectivity index (χ0n) is 31.6. The normalized spacial score (nSPS) is 13.0. The van der Waals surface area contributed by atoms with Crippen LogP contribution >= 0.6 is 0 Å². The van der Waals surface area contributed by atoms with Gasteiger partial charge < -0.3 is 38.3 Å². The molecule has 290 valence electrons. The Morgan fingerprint density at radius 3 is 1.35 bits per heavy atom. The summed E-state index contributed by atoms with van der Waals surface area (Å²) in [6.07, 6.45) is -3.90. The van der Waals surface area contributed by atoms with Gasteiger partial charge in [-0.05, 0) is 65.2 Å². The van der Waals surface area contributed by atoms with Gasteiger partial charge in [0.2, 0.25) is 0 Å². The van der Waals surface area contributed by atoms with Crippen LogP contribution in [0.4, 0.5) is 0 Å². The Balaban J connectivity index is 1.60. The number of amides is 1. The fraction of sp³-hybridized carbons (Fsp3) is 0.295. The Kier molecular flexibility index (Phi) is 15.5. The van der Waals surface area contributed by atoms with Crippen molar-refractivity contribution in [1.29, 1.82) is 0 Å². The summed E-state index contributed by atoms with van der Waals surface area (Å²) in [5.74, 6) is 1.64. The van der Waals surface area contributed by atoms with Gasteiger partial charge in [0.25, 0.3) is 5.91 Å². The molecule has 0 bridgehead atoms. The summed E-state index contributed by atoms with van der Waals surface area (Å²) in [4.78, 5) is 19.7. The van der Waals surface area contributed by atoms with Gasteiger partial charge >= 0.3 is 0 Å². The lowest BCUT2D eigenvalue weighted by Crippen LogP contribution is -2.63. The van der Waals surface area contributed by atoms with Crippen molar-refractivity contribution in [3.63, 3.8) is 0 Å². The van der Waals surface area contributed by atoms with Gasteiger partial charge in [-0.2, -0.15) is 0 Å². The monoisotopic (exact) mass is 751 g/mol. The van der Waals surface area contributed by atoms with E-state index in [0.717, 1.165) is 21.8 Å². The molecule has 11 heteroatoms. The van der Waals surface area contributed by atoms with Crippen LogP contribution in [0.25, 0.3) is 0 Å². The first kappa shape index (κ1) is 40.7. The number of methoxy groups -OCH3 is 2. The van der Waals surface area contributed by atoms with Gasteiger partial charge in [-0.3, -0.25) is 9.63 Å². The van der Waals surface area contributed by atoms with Crippen LogP contribution in [-0.4, -0.2) is 81.6 Å². The molecule has 0 aliphatic carbocycles. The maximum Gasteiger partial charge on any atom is 0.277 e. The minimum atomic E-state index is -1.98. The van der Waals surface area contributed by atoms with Gasteiger partial charge in [0, 0.05) is 7.05 Å². The average molecular weight is 752 g/mol. The van der Waals surface area contributed by atoms with Crippen LogP contribution in [0.3, 0.4) is 0 Å². The molecular formula is C44H49NO10. The smallest absolute Gasteiger partial charge is 0.277 e. The summed E-state index contributed by atoms with van der Waals surface area (Å²) in [5.41, 5.74) is 0.503. The van der Waals surface area contributed by atoms with Crippen molar-refractivity contribution in [1.82, 2.24) is 5.06 Å². The fourth-order valence-electron chi connectivity index (χ4n) is 5.72. The number of hydrogen-bond donors (Lipinski definition) is 1. The number of hydrogen-bond acceptors (Lipinski definition) is 10. The van der Waals surface area contributed by atoms with E-state index >= 15 is 0 Å². The molecule has 0 aromatic heterocycles. The van der Waals surface area contributed by atoms with E-state index in [1.54, 1.807) is 62.8 Å². The molecule has 5 aromatic rings. The van der Waals surface area contributed by atoms with Crippen molar-refractivity contribution < 1.29 is 47.9 Å². The predicted octanol–water partition coefficient (Wildman–Crippen LogP) is 6.67. The summed E-state index contributed by atoms with van der Waals surface area (Å²) in [6, 6.07) is 42.4. The molecule has 5 aromatic carbocycles. The molecule has 0 spiro atoms.